The van der Waals surface area contributed by atoms with Crippen LogP contribution in [0, 0.1) is 17.1 Å². The lowest BCUT2D eigenvalue weighted by Crippen LogP contribution is -2.33. The summed E-state index contributed by atoms with van der Waals surface area (Å²) < 4.78 is 20.6. The standard InChI is InChI=1S/C19H18FN7O/c20-12-3-1-6-16(28-15-5-2-4-13(15)22)19(12)14-7-17(27-26-14)25-18-10-23-11(8-21)9-24-18/h1,3,6-7,9-10,13,15H,2,4-5,22H2,(H2,24,25,26,27)/t13-,15+/m0/s1. The summed E-state index contributed by atoms with van der Waals surface area (Å²) in [6.07, 6.45) is 5.40. The van der Waals surface area contributed by atoms with Crippen LogP contribution in [0.15, 0.2) is 36.7 Å². The van der Waals surface area contributed by atoms with Gasteiger partial charge in [-0.15, -0.1) is 0 Å². The first kappa shape index (κ1) is 17.9. The zero-order valence-electron chi connectivity index (χ0n) is 14.9. The molecule has 0 amide bonds. The van der Waals surface area contributed by atoms with E-state index in [1.54, 1.807) is 18.2 Å². The molecule has 28 heavy (non-hydrogen) atoms. The fraction of sp³-hybridized carbons (Fsp3) is 0.263. The van der Waals surface area contributed by atoms with Gasteiger partial charge in [-0.05, 0) is 31.4 Å². The number of halogens is 1. The zero-order chi connectivity index (χ0) is 19.5. The quantitative estimate of drug-likeness (QED) is 0.622. The summed E-state index contributed by atoms with van der Waals surface area (Å²) in [5.74, 6) is 0.855. The van der Waals surface area contributed by atoms with Crippen LogP contribution in [-0.4, -0.2) is 32.3 Å². The lowest BCUT2D eigenvalue weighted by molar-refractivity contribution is 0.192. The lowest BCUT2D eigenvalue weighted by Gasteiger charge is -2.20. The van der Waals surface area contributed by atoms with E-state index in [9.17, 15) is 4.39 Å². The number of H-pyrrole nitrogens is 1. The maximum Gasteiger partial charge on any atom is 0.158 e. The van der Waals surface area contributed by atoms with E-state index in [1.807, 2.05) is 6.07 Å². The number of aromatic amines is 1. The second-order valence-electron chi connectivity index (χ2n) is 6.55. The predicted molar refractivity (Wildman–Crippen MR) is 100 cm³/mol. The third kappa shape index (κ3) is 3.63. The molecule has 0 radical (unpaired) electrons. The number of rotatable bonds is 5. The van der Waals surface area contributed by atoms with Gasteiger partial charge in [-0.3, -0.25) is 5.10 Å². The Kier molecular flexibility index (Phi) is 4.87. The van der Waals surface area contributed by atoms with Crippen LogP contribution < -0.4 is 15.8 Å². The van der Waals surface area contributed by atoms with E-state index in [0.29, 0.717) is 28.6 Å². The van der Waals surface area contributed by atoms with Gasteiger partial charge in [0.1, 0.15) is 29.6 Å². The van der Waals surface area contributed by atoms with E-state index in [0.717, 1.165) is 19.3 Å². The van der Waals surface area contributed by atoms with Crippen LogP contribution in [0.4, 0.5) is 16.0 Å². The molecule has 4 rings (SSSR count). The summed E-state index contributed by atoms with van der Waals surface area (Å²) in [6, 6.07) is 8.21. The summed E-state index contributed by atoms with van der Waals surface area (Å²) in [4.78, 5) is 8.01. The highest BCUT2D eigenvalue weighted by molar-refractivity contribution is 5.71. The molecule has 0 aliphatic heterocycles. The number of hydrogen-bond donors (Lipinski definition) is 3. The van der Waals surface area contributed by atoms with Crippen molar-refractivity contribution in [3.63, 3.8) is 0 Å². The highest BCUT2D eigenvalue weighted by Crippen LogP contribution is 2.35. The number of aromatic nitrogens is 4. The molecule has 2 aromatic heterocycles. The molecule has 1 aromatic carbocycles. The lowest BCUT2D eigenvalue weighted by atomic mass is 10.1. The van der Waals surface area contributed by atoms with Crippen molar-refractivity contribution in [3.05, 3.63) is 48.2 Å². The fourth-order valence-corrected chi connectivity index (χ4v) is 3.22. The number of nitrogens with zero attached hydrogens (tertiary/aromatic N) is 4. The van der Waals surface area contributed by atoms with E-state index >= 15 is 0 Å². The van der Waals surface area contributed by atoms with Crippen LogP contribution in [0.5, 0.6) is 5.75 Å². The minimum absolute atomic E-state index is 0.0509. The molecule has 3 aromatic rings. The molecule has 142 valence electrons. The summed E-state index contributed by atoms with van der Waals surface area (Å²) in [5.41, 5.74) is 7.06. The van der Waals surface area contributed by atoms with Crippen molar-refractivity contribution in [1.82, 2.24) is 20.2 Å². The maximum absolute atomic E-state index is 14.6. The normalized spacial score (nSPS) is 18.6. The monoisotopic (exact) mass is 379 g/mol. The topological polar surface area (TPSA) is 126 Å². The van der Waals surface area contributed by atoms with Crippen molar-refractivity contribution in [3.8, 4) is 23.1 Å². The van der Waals surface area contributed by atoms with Gasteiger partial charge in [-0.25, -0.2) is 14.4 Å². The molecular weight excluding hydrogens is 361 g/mol. The Balaban J connectivity index is 1.58. The molecule has 0 saturated heterocycles. The molecule has 1 fully saturated rings. The number of ether oxygens (including phenoxy) is 1. The number of nitrogens with two attached hydrogens (primary N) is 1. The second kappa shape index (κ2) is 7.62. The number of hydrogen-bond acceptors (Lipinski definition) is 7. The molecule has 2 atom stereocenters. The highest BCUT2D eigenvalue weighted by Gasteiger charge is 2.27. The van der Waals surface area contributed by atoms with Crippen LogP contribution in [0.25, 0.3) is 11.3 Å². The molecule has 1 saturated carbocycles. The molecule has 4 N–H and O–H groups in total. The SMILES string of the molecule is N#Cc1cnc(Nc2cc(-c3c(F)cccc3O[C@@H]3CCC[C@@H]3N)[nH]n2)cn1. The van der Waals surface area contributed by atoms with E-state index in [2.05, 4.69) is 25.5 Å². The first-order valence-corrected chi connectivity index (χ1v) is 8.90. The van der Waals surface area contributed by atoms with Crippen molar-refractivity contribution < 1.29 is 9.13 Å². The van der Waals surface area contributed by atoms with Crippen LogP contribution >= 0.6 is 0 Å². The number of nitrogens with one attached hydrogen (secondary N) is 2. The van der Waals surface area contributed by atoms with Crippen molar-refractivity contribution in [2.24, 2.45) is 5.73 Å². The van der Waals surface area contributed by atoms with Crippen molar-refractivity contribution in [1.29, 1.82) is 5.26 Å². The van der Waals surface area contributed by atoms with E-state index < -0.39 is 5.82 Å². The minimum atomic E-state index is -0.419. The Labute approximate surface area is 160 Å². The Hall–Kier alpha value is -3.51. The average molecular weight is 379 g/mol. The molecule has 0 spiro atoms. The summed E-state index contributed by atoms with van der Waals surface area (Å²) >= 11 is 0. The van der Waals surface area contributed by atoms with E-state index in [1.165, 1.54) is 18.5 Å². The number of nitriles is 1. The van der Waals surface area contributed by atoms with Gasteiger partial charge in [0.25, 0.3) is 0 Å². The first-order chi connectivity index (χ1) is 13.6. The number of benzene rings is 1. The Morgan fingerprint density at radius 2 is 2.14 bits per heavy atom. The van der Waals surface area contributed by atoms with Crippen LogP contribution in [0.3, 0.4) is 0 Å². The number of anilines is 2. The molecule has 1 aliphatic carbocycles. The Morgan fingerprint density at radius 1 is 1.25 bits per heavy atom. The molecule has 9 heteroatoms. The molecule has 8 nitrogen and oxygen atoms in total. The predicted octanol–water partition coefficient (Wildman–Crippen LogP) is 2.88. The van der Waals surface area contributed by atoms with Gasteiger partial charge in [0, 0.05) is 12.1 Å². The second-order valence-corrected chi connectivity index (χ2v) is 6.55. The van der Waals surface area contributed by atoms with Crippen LogP contribution in [0.2, 0.25) is 0 Å². The summed E-state index contributed by atoms with van der Waals surface area (Å²) in [6.45, 7) is 0. The van der Waals surface area contributed by atoms with Gasteiger partial charge in [-0.2, -0.15) is 10.4 Å². The maximum atomic E-state index is 14.6. The summed E-state index contributed by atoms with van der Waals surface area (Å²) in [7, 11) is 0. The van der Waals surface area contributed by atoms with E-state index in [4.69, 9.17) is 15.7 Å². The molecule has 2 heterocycles. The smallest absolute Gasteiger partial charge is 0.158 e. The van der Waals surface area contributed by atoms with Crippen molar-refractivity contribution in [2.45, 2.75) is 31.4 Å². The van der Waals surface area contributed by atoms with Gasteiger partial charge in [0.05, 0.1) is 23.7 Å². The van der Waals surface area contributed by atoms with Crippen molar-refractivity contribution in [2.75, 3.05) is 5.32 Å². The van der Waals surface area contributed by atoms with Gasteiger partial charge >= 0.3 is 0 Å². The van der Waals surface area contributed by atoms with Crippen LogP contribution in [-0.2, 0) is 0 Å². The summed E-state index contributed by atoms with van der Waals surface area (Å²) in [5, 5.41) is 18.7. The van der Waals surface area contributed by atoms with E-state index in [-0.39, 0.29) is 17.8 Å². The molecule has 1 aliphatic rings. The third-order valence-electron chi connectivity index (χ3n) is 4.63. The molecular formula is C19H18FN7O. The molecule has 0 bridgehead atoms. The van der Waals surface area contributed by atoms with Gasteiger partial charge < -0.3 is 15.8 Å². The van der Waals surface area contributed by atoms with Gasteiger partial charge in [0.2, 0.25) is 0 Å². The Morgan fingerprint density at radius 3 is 2.86 bits per heavy atom. The minimum Gasteiger partial charge on any atom is -0.488 e. The zero-order valence-corrected chi connectivity index (χ0v) is 14.9. The highest BCUT2D eigenvalue weighted by atomic mass is 19.1. The van der Waals surface area contributed by atoms with Gasteiger partial charge in [0.15, 0.2) is 11.5 Å². The average Bonchev–Trinajstić information content (AvgIpc) is 3.32. The first-order valence-electron chi connectivity index (χ1n) is 8.90. The van der Waals surface area contributed by atoms with Crippen LogP contribution in [0.1, 0.15) is 25.0 Å². The fourth-order valence-electron chi connectivity index (χ4n) is 3.22. The third-order valence-corrected chi connectivity index (χ3v) is 4.63. The van der Waals surface area contributed by atoms with Gasteiger partial charge in [-0.1, -0.05) is 6.07 Å². The Bertz CT molecular complexity index is 1010. The molecule has 0 unspecified atom stereocenters. The largest absolute Gasteiger partial charge is 0.488 e. The van der Waals surface area contributed by atoms with Crippen molar-refractivity contribution >= 4 is 11.6 Å².